The van der Waals surface area contributed by atoms with E-state index in [2.05, 4.69) is 10.6 Å². The number of methoxy groups -OCH3 is 2. The summed E-state index contributed by atoms with van der Waals surface area (Å²) in [7, 11) is 4.95. The minimum absolute atomic E-state index is 0. The monoisotopic (exact) mass is 332 g/mol. The summed E-state index contributed by atoms with van der Waals surface area (Å²) in [5, 5.41) is 15.8. The minimum atomic E-state index is -0.803. The molecule has 0 spiro atoms. The van der Waals surface area contributed by atoms with E-state index in [-0.39, 0.29) is 24.9 Å². The molecule has 0 aliphatic rings. The number of nitrogens with one attached hydrogen (secondary N) is 2. The Labute approximate surface area is 137 Å². The zero-order chi connectivity index (χ0) is 15.7. The molecule has 22 heavy (non-hydrogen) atoms. The van der Waals surface area contributed by atoms with Gasteiger partial charge < -0.3 is 25.2 Å². The summed E-state index contributed by atoms with van der Waals surface area (Å²) in [6, 6.07) is 5.17. The first-order chi connectivity index (χ1) is 10.1. The van der Waals surface area contributed by atoms with Gasteiger partial charge in [-0.1, -0.05) is 0 Å². The number of aliphatic hydroxyl groups excluding tert-OH is 1. The number of aliphatic hydroxyl groups is 1. The van der Waals surface area contributed by atoms with Crippen LogP contribution in [0.25, 0.3) is 0 Å². The molecule has 1 atom stereocenters. The van der Waals surface area contributed by atoms with Crippen molar-refractivity contribution >= 4 is 18.3 Å². The lowest BCUT2D eigenvalue weighted by atomic mass is 10.1. The van der Waals surface area contributed by atoms with Crippen molar-refractivity contribution in [1.82, 2.24) is 10.6 Å². The van der Waals surface area contributed by atoms with Crippen LogP contribution in [-0.2, 0) is 4.79 Å². The van der Waals surface area contributed by atoms with Gasteiger partial charge in [-0.25, -0.2) is 0 Å². The molecule has 3 N–H and O–H groups in total. The quantitative estimate of drug-likeness (QED) is 0.594. The SMILES string of the molecule is CNCCCC(=O)NCC(O)c1cc(OC)cc(OC)c1.Cl. The molecule has 0 saturated heterocycles. The first-order valence-electron chi connectivity index (χ1n) is 6.93. The molecule has 0 fully saturated rings. The second kappa shape index (κ2) is 11.1. The number of amides is 1. The fourth-order valence-electron chi connectivity index (χ4n) is 1.86. The molecule has 0 heterocycles. The Balaban J connectivity index is 0.00000441. The third kappa shape index (κ3) is 6.98. The number of carbonyl (C=O) groups is 1. The number of ether oxygens (including phenoxy) is 2. The number of carbonyl (C=O) groups excluding carboxylic acids is 1. The average molecular weight is 333 g/mol. The molecule has 6 nitrogen and oxygen atoms in total. The molecule has 1 rings (SSSR count). The van der Waals surface area contributed by atoms with E-state index in [1.807, 2.05) is 7.05 Å². The predicted molar refractivity (Wildman–Crippen MR) is 87.9 cm³/mol. The Bertz CT molecular complexity index is 435. The zero-order valence-electron chi connectivity index (χ0n) is 13.2. The molecule has 1 aromatic carbocycles. The second-order valence-corrected chi connectivity index (χ2v) is 4.67. The van der Waals surface area contributed by atoms with Gasteiger partial charge >= 0.3 is 0 Å². The molecule has 0 bridgehead atoms. The van der Waals surface area contributed by atoms with Crippen LogP contribution in [0.2, 0.25) is 0 Å². The van der Waals surface area contributed by atoms with E-state index < -0.39 is 6.10 Å². The van der Waals surface area contributed by atoms with Crippen LogP contribution in [0.1, 0.15) is 24.5 Å². The minimum Gasteiger partial charge on any atom is -0.497 e. The average Bonchev–Trinajstić information content (AvgIpc) is 2.52. The van der Waals surface area contributed by atoms with Crippen LogP contribution in [0.4, 0.5) is 0 Å². The summed E-state index contributed by atoms with van der Waals surface area (Å²) in [5.41, 5.74) is 0.640. The lowest BCUT2D eigenvalue weighted by molar-refractivity contribution is -0.121. The van der Waals surface area contributed by atoms with Gasteiger partial charge in [0, 0.05) is 19.0 Å². The molecular formula is C15H25ClN2O4. The summed E-state index contributed by atoms with van der Waals surface area (Å²) < 4.78 is 10.3. The Morgan fingerprint density at radius 1 is 1.23 bits per heavy atom. The number of halogens is 1. The second-order valence-electron chi connectivity index (χ2n) is 4.67. The number of rotatable bonds is 9. The predicted octanol–water partition coefficient (Wildman–Crippen LogP) is 1.27. The van der Waals surface area contributed by atoms with Gasteiger partial charge in [-0.2, -0.15) is 0 Å². The molecule has 0 aromatic heterocycles. The van der Waals surface area contributed by atoms with Crippen LogP contribution in [0.5, 0.6) is 11.5 Å². The fraction of sp³-hybridized carbons (Fsp3) is 0.533. The van der Waals surface area contributed by atoms with Crippen LogP contribution in [0.3, 0.4) is 0 Å². The van der Waals surface area contributed by atoms with E-state index in [4.69, 9.17) is 9.47 Å². The van der Waals surface area contributed by atoms with Gasteiger partial charge in [-0.05, 0) is 37.7 Å². The number of hydrogen-bond donors (Lipinski definition) is 3. The van der Waals surface area contributed by atoms with Crippen molar-refractivity contribution in [2.75, 3.05) is 34.4 Å². The van der Waals surface area contributed by atoms with Crippen LogP contribution >= 0.6 is 12.4 Å². The van der Waals surface area contributed by atoms with Crippen LogP contribution in [-0.4, -0.2) is 45.4 Å². The summed E-state index contributed by atoms with van der Waals surface area (Å²) in [5.74, 6) is 1.13. The fourth-order valence-corrected chi connectivity index (χ4v) is 1.86. The normalized spacial score (nSPS) is 11.3. The Morgan fingerprint density at radius 3 is 2.32 bits per heavy atom. The van der Waals surface area contributed by atoms with E-state index in [1.54, 1.807) is 32.4 Å². The molecule has 0 saturated carbocycles. The van der Waals surface area contributed by atoms with Gasteiger partial charge in [-0.15, -0.1) is 12.4 Å². The maximum atomic E-state index is 11.6. The van der Waals surface area contributed by atoms with Crippen molar-refractivity contribution in [3.8, 4) is 11.5 Å². The molecule has 1 unspecified atom stereocenters. The maximum absolute atomic E-state index is 11.6. The third-order valence-corrected chi connectivity index (χ3v) is 3.08. The van der Waals surface area contributed by atoms with E-state index in [0.29, 0.717) is 23.5 Å². The van der Waals surface area contributed by atoms with E-state index >= 15 is 0 Å². The van der Waals surface area contributed by atoms with E-state index in [0.717, 1.165) is 13.0 Å². The Kier molecular flexibility index (Phi) is 10.4. The standard InChI is InChI=1S/C15H24N2O4.ClH/c1-16-6-4-5-15(19)17-10-14(18)11-7-12(20-2)9-13(8-11)21-3;/h7-9,14,16,18H,4-6,10H2,1-3H3,(H,17,19);1H. The topological polar surface area (TPSA) is 79.8 Å². The van der Waals surface area contributed by atoms with Crippen molar-refractivity contribution in [2.24, 2.45) is 0 Å². The molecular weight excluding hydrogens is 308 g/mol. The van der Waals surface area contributed by atoms with Crippen molar-refractivity contribution in [2.45, 2.75) is 18.9 Å². The van der Waals surface area contributed by atoms with E-state index in [1.165, 1.54) is 0 Å². The largest absolute Gasteiger partial charge is 0.497 e. The zero-order valence-corrected chi connectivity index (χ0v) is 14.0. The maximum Gasteiger partial charge on any atom is 0.220 e. The number of benzene rings is 1. The lowest BCUT2D eigenvalue weighted by Crippen LogP contribution is -2.28. The molecule has 0 radical (unpaired) electrons. The van der Waals surface area contributed by atoms with Crippen molar-refractivity contribution < 1.29 is 19.4 Å². The highest BCUT2D eigenvalue weighted by Crippen LogP contribution is 2.26. The molecule has 1 amide bonds. The van der Waals surface area contributed by atoms with Crippen LogP contribution in [0, 0.1) is 0 Å². The first kappa shape index (κ1) is 20.5. The molecule has 7 heteroatoms. The van der Waals surface area contributed by atoms with Crippen LogP contribution in [0.15, 0.2) is 18.2 Å². The molecule has 126 valence electrons. The van der Waals surface area contributed by atoms with Gasteiger partial charge in [-0.3, -0.25) is 4.79 Å². The van der Waals surface area contributed by atoms with Gasteiger partial charge in [0.1, 0.15) is 11.5 Å². The van der Waals surface area contributed by atoms with Gasteiger partial charge in [0.15, 0.2) is 0 Å². The smallest absolute Gasteiger partial charge is 0.220 e. The van der Waals surface area contributed by atoms with Gasteiger partial charge in [0.05, 0.1) is 20.3 Å². The number of hydrogen-bond acceptors (Lipinski definition) is 5. The highest BCUT2D eigenvalue weighted by atomic mass is 35.5. The molecule has 0 aliphatic heterocycles. The summed E-state index contributed by atoms with van der Waals surface area (Å²) in [6.07, 6.45) is 0.405. The van der Waals surface area contributed by atoms with Crippen molar-refractivity contribution in [3.05, 3.63) is 23.8 Å². The Morgan fingerprint density at radius 2 is 1.82 bits per heavy atom. The highest BCUT2D eigenvalue weighted by molar-refractivity contribution is 5.85. The van der Waals surface area contributed by atoms with Crippen molar-refractivity contribution in [1.29, 1.82) is 0 Å². The molecule has 1 aromatic rings. The van der Waals surface area contributed by atoms with Gasteiger partial charge in [0.25, 0.3) is 0 Å². The molecule has 0 aliphatic carbocycles. The highest BCUT2D eigenvalue weighted by Gasteiger charge is 2.12. The van der Waals surface area contributed by atoms with E-state index in [9.17, 15) is 9.90 Å². The Hall–Kier alpha value is -1.50. The van der Waals surface area contributed by atoms with Crippen LogP contribution < -0.4 is 20.1 Å². The lowest BCUT2D eigenvalue weighted by Gasteiger charge is -2.14. The van der Waals surface area contributed by atoms with Crippen molar-refractivity contribution in [3.63, 3.8) is 0 Å². The summed E-state index contributed by atoms with van der Waals surface area (Å²) in [4.78, 5) is 11.6. The summed E-state index contributed by atoms with van der Waals surface area (Å²) >= 11 is 0. The first-order valence-corrected chi connectivity index (χ1v) is 6.93. The summed E-state index contributed by atoms with van der Waals surface area (Å²) in [6.45, 7) is 0.956. The van der Waals surface area contributed by atoms with Gasteiger partial charge in [0.2, 0.25) is 5.91 Å². The third-order valence-electron chi connectivity index (χ3n) is 3.08.